The van der Waals surface area contributed by atoms with Gasteiger partial charge in [-0.2, -0.15) is 0 Å². The van der Waals surface area contributed by atoms with E-state index in [9.17, 15) is 4.79 Å². The van der Waals surface area contributed by atoms with Crippen LogP contribution in [0.15, 0.2) is 54.6 Å². The predicted octanol–water partition coefficient (Wildman–Crippen LogP) is 6.48. The molecular weight excluding hydrogens is 440 g/mol. The summed E-state index contributed by atoms with van der Waals surface area (Å²) < 4.78 is 0. The summed E-state index contributed by atoms with van der Waals surface area (Å²) in [5, 5.41) is 3.89. The standard InChI is InChI=1S/C33H44N2O/c1-19-14-26-20(2)8-12-29-32(28(26)15-19)33(29,31(34)18-36)22-9-10-24-21(16-22)17-27-25(24)11-13-30(27)35-23-6-4-3-5-7-23/h3-7,9-10,18-19,21-22,24-32,35H,2,8,11-17,34H2,1H3/t19-,21+,22-,24+,25-,26+,27+,28+,29+,30+,31+,32-,33+/m0/s1. The third-order valence-electron chi connectivity index (χ3n) is 12.3. The lowest BCUT2D eigenvalue weighted by Crippen LogP contribution is -2.43. The molecule has 7 rings (SSSR count). The molecule has 3 nitrogen and oxygen atoms in total. The van der Waals surface area contributed by atoms with Gasteiger partial charge in [-0.05, 0) is 123 Å². The molecule has 0 amide bonds. The Kier molecular flexibility index (Phi) is 5.55. The van der Waals surface area contributed by atoms with Crippen molar-refractivity contribution in [1.29, 1.82) is 0 Å². The van der Waals surface area contributed by atoms with E-state index in [1.54, 1.807) is 0 Å². The second-order valence-electron chi connectivity index (χ2n) is 13.7. The summed E-state index contributed by atoms with van der Waals surface area (Å²) >= 11 is 0. The Morgan fingerprint density at radius 3 is 2.67 bits per heavy atom. The molecule has 3 heteroatoms. The summed E-state index contributed by atoms with van der Waals surface area (Å²) in [6.07, 6.45) is 16.4. The number of benzene rings is 1. The molecule has 1 aromatic rings. The van der Waals surface area contributed by atoms with Gasteiger partial charge in [0, 0.05) is 17.1 Å². The molecule has 192 valence electrons. The van der Waals surface area contributed by atoms with Crippen molar-refractivity contribution in [2.75, 3.05) is 5.32 Å². The fourth-order valence-electron chi connectivity index (χ4n) is 11.0. The first-order valence-corrected chi connectivity index (χ1v) is 14.9. The van der Waals surface area contributed by atoms with Gasteiger partial charge < -0.3 is 15.8 Å². The topological polar surface area (TPSA) is 55.1 Å². The summed E-state index contributed by atoms with van der Waals surface area (Å²) in [5.41, 5.74) is 9.56. The lowest BCUT2D eigenvalue weighted by atomic mass is 9.67. The van der Waals surface area contributed by atoms with Gasteiger partial charge in [0.1, 0.15) is 6.29 Å². The van der Waals surface area contributed by atoms with Gasteiger partial charge in [-0.3, -0.25) is 0 Å². The third-order valence-corrected chi connectivity index (χ3v) is 12.3. The van der Waals surface area contributed by atoms with Crippen LogP contribution >= 0.6 is 0 Å². The van der Waals surface area contributed by atoms with Gasteiger partial charge >= 0.3 is 0 Å². The molecule has 3 N–H and O–H groups in total. The number of rotatable bonds is 5. The maximum atomic E-state index is 12.3. The molecule has 0 aromatic heterocycles. The lowest BCUT2D eigenvalue weighted by Gasteiger charge is -2.38. The average Bonchev–Trinajstić information content (AvgIpc) is 3.12. The number of aldehydes is 1. The molecule has 13 atom stereocenters. The molecule has 1 aromatic carbocycles. The van der Waals surface area contributed by atoms with Gasteiger partial charge in [-0.15, -0.1) is 0 Å². The SMILES string of the molecule is C=C1CC[C@@H]2[C@H]([C@@H]3C[C@@H](C)C[C@H]13)[C@]2([C@H](N)C=O)[C@H]1C=C[C@@H]2[C@@H](C[C@@H]3[C@H]2CC[C@H]3Nc2ccccc2)C1. The first kappa shape index (κ1) is 23.3. The van der Waals surface area contributed by atoms with Gasteiger partial charge in [0.05, 0.1) is 6.04 Å². The van der Waals surface area contributed by atoms with E-state index in [2.05, 4.69) is 61.3 Å². The number of hydrogen-bond donors (Lipinski definition) is 2. The highest BCUT2D eigenvalue weighted by atomic mass is 16.1. The van der Waals surface area contributed by atoms with Crippen molar-refractivity contribution in [2.24, 2.45) is 70.3 Å². The Balaban J connectivity index is 1.13. The first-order valence-electron chi connectivity index (χ1n) is 14.9. The Bertz CT molecular complexity index is 1050. The van der Waals surface area contributed by atoms with E-state index in [4.69, 9.17) is 5.73 Å². The number of nitrogens with one attached hydrogen (secondary N) is 1. The Labute approximate surface area is 217 Å². The van der Waals surface area contributed by atoms with Crippen LogP contribution in [0.4, 0.5) is 5.69 Å². The summed E-state index contributed by atoms with van der Waals surface area (Å²) in [7, 11) is 0. The maximum absolute atomic E-state index is 12.3. The fourth-order valence-corrected chi connectivity index (χ4v) is 11.0. The summed E-state index contributed by atoms with van der Waals surface area (Å²) in [6, 6.07) is 11.1. The molecule has 0 heterocycles. The number of nitrogens with two attached hydrogens (primary N) is 1. The highest BCUT2D eigenvalue weighted by Crippen LogP contribution is 2.76. The Morgan fingerprint density at radius 2 is 1.86 bits per heavy atom. The largest absolute Gasteiger partial charge is 0.382 e. The van der Waals surface area contributed by atoms with Crippen LogP contribution in [0, 0.1) is 64.6 Å². The van der Waals surface area contributed by atoms with Crippen LogP contribution < -0.4 is 11.1 Å². The number of allylic oxidation sites excluding steroid dienone is 3. The molecule has 0 aliphatic heterocycles. The second kappa shape index (κ2) is 8.58. The monoisotopic (exact) mass is 484 g/mol. The van der Waals surface area contributed by atoms with E-state index in [1.165, 1.54) is 56.2 Å². The summed E-state index contributed by atoms with van der Waals surface area (Å²) in [6.45, 7) is 6.94. The Morgan fingerprint density at radius 1 is 1.03 bits per heavy atom. The van der Waals surface area contributed by atoms with Crippen molar-refractivity contribution in [1.82, 2.24) is 0 Å². The minimum absolute atomic E-state index is 0.00368. The number of fused-ring (bicyclic) bond motifs is 6. The van der Waals surface area contributed by atoms with Crippen molar-refractivity contribution in [3.05, 3.63) is 54.6 Å². The van der Waals surface area contributed by atoms with E-state index in [-0.39, 0.29) is 11.5 Å². The van der Waals surface area contributed by atoms with Crippen LogP contribution in [0.1, 0.15) is 58.3 Å². The smallest absolute Gasteiger partial charge is 0.137 e. The third kappa shape index (κ3) is 3.30. The van der Waals surface area contributed by atoms with E-state index in [1.807, 2.05) is 0 Å². The predicted molar refractivity (Wildman–Crippen MR) is 146 cm³/mol. The van der Waals surface area contributed by atoms with Crippen molar-refractivity contribution >= 4 is 12.0 Å². The van der Waals surface area contributed by atoms with Crippen LogP contribution in [-0.4, -0.2) is 18.4 Å². The fraction of sp³-hybridized carbons (Fsp3) is 0.667. The molecule has 0 spiro atoms. The number of para-hydroxylation sites is 1. The molecule has 6 aliphatic carbocycles. The highest BCUT2D eigenvalue weighted by molar-refractivity contribution is 5.61. The second-order valence-corrected chi connectivity index (χ2v) is 13.7. The number of anilines is 1. The summed E-state index contributed by atoms with van der Waals surface area (Å²) in [5.74, 6) is 6.88. The minimum atomic E-state index is -0.324. The summed E-state index contributed by atoms with van der Waals surface area (Å²) in [4.78, 5) is 12.3. The van der Waals surface area contributed by atoms with Crippen molar-refractivity contribution in [3.8, 4) is 0 Å². The van der Waals surface area contributed by atoms with Gasteiger partial charge in [0.15, 0.2) is 0 Å². The molecule has 0 radical (unpaired) electrons. The van der Waals surface area contributed by atoms with Crippen LogP contribution in [0.2, 0.25) is 0 Å². The Hall–Kier alpha value is -1.87. The number of carbonyl (C=O) groups excluding carboxylic acids is 1. The highest BCUT2D eigenvalue weighted by Gasteiger charge is 2.73. The molecule has 36 heavy (non-hydrogen) atoms. The number of carbonyl (C=O) groups is 1. The normalized spacial score (nSPS) is 49.4. The number of hydrogen-bond acceptors (Lipinski definition) is 3. The zero-order valence-corrected chi connectivity index (χ0v) is 21.9. The van der Waals surface area contributed by atoms with Gasteiger partial charge in [-0.25, -0.2) is 0 Å². The van der Waals surface area contributed by atoms with Gasteiger partial charge in [0.25, 0.3) is 0 Å². The van der Waals surface area contributed by atoms with Crippen LogP contribution in [-0.2, 0) is 4.79 Å². The molecule has 0 unspecified atom stereocenters. The van der Waals surface area contributed by atoms with E-state index >= 15 is 0 Å². The average molecular weight is 485 g/mol. The zero-order valence-electron chi connectivity index (χ0n) is 21.9. The van der Waals surface area contributed by atoms with Gasteiger partial charge in [-0.1, -0.05) is 49.4 Å². The van der Waals surface area contributed by atoms with Crippen molar-refractivity contribution in [3.63, 3.8) is 0 Å². The van der Waals surface area contributed by atoms with E-state index in [0.717, 1.165) is 42.3 Å². The van der Waals surface area contributed by atoms with Gasteiger partial charge in [0.2, 0.25) is 0 Å². The zero-order chi connectivity index (χ0) is 24.6. The molecule has 5 saturated carbocycles. The minimum Gasteiger partial charge on any atom is -0.382 e. The first-order chi connectivity index (χ1) is 17.5. The van der Waals surface area contributed by atoms with Crippen molar-refractivity contribution < 1.29 is 4.79 Å². The van der Waals surface area contributed by atoms with E-state index in [0.29, 0.717) is 35.6 Å². The van der Waals surface area contributed by atoms with Crippen LogP contribution in [0.3, 0.4) is 0 Å². The van der Waals surface area contributed by atoms with E-state index < -0.39 is 0 Å². The molecule has 0 bridgehead atoms. The molecule has 0 saturated heterocycles. The lowest BCUT2D eigenvalue weighted by molar-refractivity contribution is -0.111. The quantitative estimate of drug-likeness (QED) is 0.372. The molecule has 6 aliphatic rings. The molecular formula is C33H44N2O. The molecule has 5 fully saturated rings. The van der Waals surface area contributed by atoms with Crippen LogP contribution in [0.25, 0.3) is 0 Å². The maximum Gasteiger partial charge on any atom is 0.137 e. The van der Waals surface area contributed by atoms with Crippen molar-refractivity contribution in [2.45, 2.75) is 70.4 Å². The van der Waals surface area contributed by atoms with Crippen LogP contribution in [0.5, 0.6) is 0 Å².